The maximum Gasteiger partial charge on any atom is 0.317 e. The van der Waals surface area contributed by atoms with Gasteiger partial charge in [0, 0.05) is 31.7 Å². The number of carbonyl (C=O) groups is 1. The first-order valence-electron chi connectivity index (χ1n) is 9.91. The van der Waals surface area contributed by atoms with Gasteiger partial charge in [-0.1, -0.05) is 29.8 Å². The zero-order chi connectivity index (χ0) is 22.3. The van der Waals surface area contributed by atoms with Gasteiger partial charge in [-0.25, -0.2) is 13.2 Å². The first-order valence-corrected chi connectivity index (χ1v) is 11.7. The second-order valence-electron chi connectivity index (χ2n) is 7.01. The molecule has 0 aromatic heterocycles. The maximum atomic E-state index is 13.0. The van der Waals surface area contributed by atoms with Gasteiger partial charge in [0.15, 0.2) is 0 Å². The predicted octanol–water partition coefficient (Wildman–Crippen LogP) is 2.58. The summed E-state index contributed by atoms with van der Waals surface area (Å²) in [5, 5.41) is 3.40. The number of benzene rings is 2. The molecule has 1 N–H and O–H groups in total. The number of sulfonamides is 1. The Balaban J connectivity index is 1.54. The van der Waals surface area contributed by atoms with Crippen molar-refractivity contribution in [3.8, 4) is 5.75 Å². The topological polar surface area (TPSA) is 88.2 Å². The molecule has 0 unspecified atom stereocenters. The third kappa shape index (κ3) is 6.33. The van der Waals surface area contributed by atoms with Crippen LogP contribution in [0.2, 0.25) is 5.02 Å². The van der Waals surface area contributed by atoms with Gasteiger partial charge in [-0.05, 0) is 35.9 Å². The number of halogens is 1. The summed E-state index contributed by atoms with van der Waals surface area (Å²) in [6, 6.07) is 13.4. The fourth-order valence-electron chi connectivity index (χ4n) is 3.07. The highest BCUT2D eigenvalue weighted by Gasteiger charge is 2.28. The SMILES string of the molecule is CN(CCOc1ccc(Cl)cc1)C(=O)NCc1ccccc1S(=O)(=O)N1CCOCC1. The zero-order valence-electron chi connectivity index (χ0n) is 17.3. The Kier molecular flexibility index (Phi) is 8.14. The molecular formula is C21H26ClN3O5S. The van der Waals surface area contributed by atoms with Crippen LogP contribution in [0.15, 0.2) is 53.4 Å². The lowest BCUT2D eigenvalue weighted by atomic mass is 10.2. The summed E-state index contributed by atoms with van der Waals surface area (Å²) in [4.78, 5) is 14.1. The van der Waals surface area contributed by atoms with Gasteiger partial charge in [0.1, 0.15) is 12.4 Å². The number of amides is 2. The van der Waals surface area contributed by atoms with Crippen molar-refractivity contribution in [1.82, 2.24) is 14.5 Å². The van der Waals surface area contributed by atoms with Crippen molar-refractivity contribution in [2.24, 2.45) is 0 Å². The molecule has 1 fully saturated rings. The van der Waals surface area contributed by atoms with Crippen LogP contribution in [0.4, 0.5) is 4.79 Å². The molecule has 2 aromatic carbocycles. The van der Waals surface area contributed by atoms with Crippen molar-refractivity contribution >= 4 is 27.7 Å². The number of nitrogens with one attached hydrogen (secondary N) is 1. The average molecular weight is 468 g/mol. The number of hydrogen-bond acceptors (Lipinski definition) is 5. The van der Waals surface area contributed by atoms with Crippen molar-refractivity contribution < 1.29 is 22.7 Å². The molecule has 2 amide bonds. The first-order chi connectivity index (χ1) is 14.9. The molecular weight excluding hydrogens is 442 g/mol. The van der Waals surface area contributed by atoms with Crippen LogP contribution in [0.3, 0.4) is 0 Å². The summed E-state index contributed by atoms with van der Waals surface area (Å²) in [5.41, 5.74) is 0.535. The summed E-state index contributed by atoms with van der Waals surface area (Å²) >= 11 is 5.84. The van der Waals surface area contributed by atoms with Gasteiger partial charge in [-0.3, -0.25) is 0 Å². The van der Waals surface area contributed by atoms with Crippen molar-refractivity contribution in [3.05, 3.63) is 59.1 Å². The van der Waals surface area contributed by atoms with Gasteiger partial charge >= 0.3 is 6.03 Å². The van der Waals surface area contributed by atoms with E-state index in [2.05, 4.69) is 5.32 Å². The molecule has 1 aliphatic heterocycles. The maximum absolute atomic E-state index is 13.0. The van der Waals surface area contributed by atoms with Crippen LogP contribution in [0.5, 0.6) is 5.75 Å². The van der Waals surface area contributed by atoms with E-state index in [4.69, 9.17) is 21.1 Å². The summed E-state index contributed by atoms with van der Waals surface area (Å²) in [6.07, 6.45) is 0. The van der Waals surface area contributed by atoms with Crippen LogP contribution >= 0.6 is 11.6 Å². The molecule has 2 aromatic rings. The van der Waals surface area contributed by atoms with Crippen LogP contribution in [-0.4, -0.2) is 70.2 Å². The normalized spacial score (nSPS) is 14.8. The van der Waals surface area contributed by atoms with Crippen LogP contribution in [-0.2, 0) is 21.3 Å². The number of morpholine rings is 1. The molecule has 3 rings (SSSR count). The molecule has 0 atom stereocenters. The zero-order valence-corrected chi connectivity index (χ0v) is 18.9. The molecule has 1 saturated heterocycles. The highest BCUT2D eigenvalue weighted by Crippen LogP contribution is 2.21. The summed E-state index contributed by atoms with van der Waals surface area (Å²) < 4.78 is 38.3. The van der Waals surface area contributed by atoms with Crippen LogP contribution < -0.4 is 10.1 Å². The van der Waals surface area contributed by atoms with E-state index in [-0.39, 0.29) is 17.5 Å². The van der Waals surface area contributed by atoms with Crippen LogP contribution in [0, 0.1) is 0 Å². The third-order valence-electron chi connectivity index (χ3n) is 4.85. The standard InChI is InChI=1S/C21H26ClN3O5S/c1-24(10-15-30-19-8-6-18(22)7-9-19)21(26)23-16-17-4-2-3-5-20(17)31(27,28)25-11-13-29-14-12-25/h2-9H,10-16H2,1H3,(H,23,26). The second-order valence-corrected chi connectivity index (χ2v) is 9.35. The molecule has 1 heterocycles. The predicted molar refractivity (Wildman–Crippen MR) is 118 cm³/mol. The lowest BCUT2D eigenvalue weighted by Crippen LogP contribution is -2.41. The van der Waals surface area contributed by atoms with Crippen molar-refractivity contribution in [1.29, 1.82) is 0 Å². The number of rotatable bonds is 8. The van der Waals surface area contributed by atoms with E-state index in [0.29, 0.717) is 55.8 Å². The first kappa shape index (κ1) is 23.3. The lowest BCUT2D eigenvalue weighted by Gasteiger charge is -2.27. The third-order valence-corrected chi connectivity index (χ3v) is 7.10. The van der Waals surface area contributed by atoms with Gasteiger partial charge in [-0.15, -0.1) is 0 Å². The minimum absolute atomic E-state index is 0.0982. The van der Waals surface area contributed by atoms with Crippen molar-refractivity contribution in [2.45, 2.75) is 11.4 Å². The fraction of sp³-hybridized carbons (Fsp3) is 0.381. The fourth-order valence-corrected chi connectivity index (χ4v) is 4.82. The Labute approximate surface area is 187 Å². The number of ether oxygens (including phenoxy) is 2. The van der Waals surface area contributed by atoms with Crippen molar-refractivity contribution in [3.63, 3.8) is 0 Å². The lowest BCUT2D eigenvalue weighted by molar-refractivity contribution is 0.0730. The molecule has 0 radical (unpaired) electrons. The summed E-state index contributed by atoms with van der Waals surface area (Å²) in [5.74, 6) is 0.667. The quantitative estimate of drug-likeness (QED) is 0.644. The Morgan fingerprint density at radius 1 is 1.16 bits per heavy atom. The molecule has 31 heavy (non-hydrogen) atoms. The minimum Gasteiger partial charge on any atom is -0.492 e. The van der Waals surface area contributed by atoms with Gasteiger partial charge < -0.3 is 19.7 Å². The van der Waals surface area contributed by atoms with E-state index >= 15 is 0 Å². The Morgan fingerprint density at radius 3 is 2.55 bits per heavy atom. The number of urea groups is 1. The average Bonchev–Trinajstić information content (AvgIpc) is 2.79. The highest BCUT2D eigenvalue weighted by atomic mass is 35.5. The largest absolute Gasteiger partial charge is 0.492 e. The molecule has 0 aliphatic carbocycles. The number of hydrogen-bond donors (Lipinski definition) is 1. The number of carbonyl (C=O) groups excluding carboxylic acids is 1. The molecule has 0 bridgehead atoms. The summed E-state index contributed by atoms with van der Waals surface area (Å²) in [7, 11) is -2.00. The van der Waals surface area contributed by atoms with Crippen molar-refractivity contribution in [2.75, 3.05) is 46.5 Å². The number of nitrogens with zero attached hydrogens (tertiary/aromatic N) is 2. The van der Waals surface area contributed by atoms with E-state index in [9.17, 15) is 13.2 Å². The van der Waals surface area contributed by atoms with Gasteiger partial charge in [0.05, 0.1) is 24.7 Å². The second kappa shape index (κ2) is 10.8. The smallest absolute Gasteiger partial charge is 0.317 e. The summed E-state index contributed by atoms with van der Waals surface area (Å²) in [6.45, 7) is 2.16. The van der Waals surface area contributed by atoms with Gasteiger partial charge in [0.25, 0.3) is 0 Å². The molecule has 168 valence electrons. The Hall–Kier alpha value is -2.33. The van der Waals surface area contributed by atoms with Gasteiger partial charge in [0.2, 0.25) is 10.0 Å². The molecule has 8 nitrogen and oxygen atoms in total. The minimum atomic E-state index is -3.65. The van der Waals surface area contributed by atoms with Crippen LogP contribution in [0.1, 0.15) is 5.56 Å². The van der Waals surface area contributed by atoms with Gasteiger partial charge in [-0.2, -0.15) is 4.31 Å². The van der Waals surface area contributed by atoms with E-state index < -0.39 is 10.0 Å². The number of likely N-dealkylation sites (N-methyl/N-ethyl adjacent to an activating group) is 1. The van der Waals surface area contributed by atoms with E-state index in [1.807, 2.05) is 0 Å². The van der Waals surface area contributed by atoms with E-state index in [0.717, 1.165) is 0 Å². The molecule has 1 aliphatic rings. The van der Waals surface area contributed by atoms with Crippen LogP contribution in [0.25, 0.3) is 0 Å². The molecule has 0 spiro atoms. The molecule has 0 saturated carbocycles. The highest BCUT2D eigenvalue weighted by molar-refractivity contribution is 7.89. The van der Waals surface area contributed by atoms with E-state index in [1.165, 1.54) is 9.21 Å². The Bertz CT molecular complexity index is 979. The Morgan fingerprint density at radius 2 is 1.84 bits per heavy atom. The molecule has 10 heteroatoms. The van der Waals surface area contributed by atoms with E-state index in [1.54, 1.807) is 55.6 Å². The monoisotopic (exact) mass is 467 g/mol.